The Morgan fingerprint density at radius 2 is 1.83 bits per heavy atom. The van der Waals surface area contributed by atoms with Crippen LogP contribution in [0.3, 0.4) is 0 Å². The van der Waals surface area contributed by atoms with E-state index >= 15 is 0 Å². The minimum absolute atomic E-state index is 0.0157. The lowest BCUT2D eigenvalue weighted by atomic mass is 9.82. The van der Waals surface area contributed by atoms with Gasteiger partial charge in [0.25, 0.3) is 11.5 Å². The van der Waals surface area contributed by atoms with Crippen molar-refractivity contribution in [2.45, 2.75) is 51.9 Å². The van der Waals surface area contributed by atoms with E-state index in [1.165, 1.54) is 24.3 Å². The van der Waals surface area contributed by atoms with Gasteiger partial charge in [-0.1, -0.05) is 32.9 Å². The van der Waals surface area contributed by atoms with Crippen molar-refractivity contribution < 1.29 is 22.7 Å². The number of alkyl halides is 3. The molecule has 2 aromatic rings. The smallest absolute Gasteiger partial charge is 0.406 e. The number of hydrogen-bond acceptors (Lipinski definition) is 4. The second-order valence-corrected chi connectivity index (χ2v) is 8.18. The number of hydrogen-bond donors (Lipinski definition) is 2. The van der Waals surface area contributed by atoms with E-state index in [-0.39, 0.29) is 17.4 Å². The minimum atomic E-state index is -4.77. The van der Waals surface area contributed by atoms with E-state index in [0.29, 0.717) is 11.4 Å². The molecular weight excluding hydrogens is 387 g/mol. The van der Waals surface area contributed by atoms with Gasteiger partial charge in [0.15, 0.2) is 0 Å². The zero-order valence-corrected chi connectivity index (χ0v) is 16.3. The third-order valence-corrected chi connectivity index (χ3v) is 4.55. The number of aromatic nitrogens is 2. The highest BCUT2D eigenvalue weighted by Gasteiger charge is 2.32. The predicted octanol–water partition coefficient (Wildman–Crippen LogP) is 4.06. The summed E-state index contributed by atoms with van der Waals surface area (Å²) in [5, 5.41) is 2.85. The number of benzene rings is 1. The van der Waals surface area contributed by atoms with Crippen LogP contribution in [-0.2, 0) is 0 Å². The molecule has 1 aliphatic carbocycles. The van der Waals surface area contributed by atoms with Crippen LogP contribution in [0.25, 0.3) is 0 Å². The van der Waals surface area contributed by atoms with Crippen LogP contribution in [0.4, 0.5) is 13.2 Å². The molecular formula is C20H22F3N3O3. The Labute approximate surface area is 165 Å². The first-order chi connectivity index (χ1) is 13.4. The summed E-state index contributed by atoms with van der Waals surface area (Å²) in [5.41, 5.74) is -0.231. The third kappa shape index (κ3) is 5.58. The number of carbonyl (C=O) groups is 1. The molecule has 29 heavy (non-hydrogen) atoms. The topological polar surface area (TPSA) is 84.1 Å². The molecule has 1 fully saturated rings. The molecule has 6 nitrogen and oxygen atoms in total. The van der Waals surface area contributed by atoms with Gasteiger partial charge in [0.2, 0.25) is 0 Å². The molecule has 2 N–H and O–H groups in total. The number of amides is 1. The van der Waals surface area contributed by atoms with Crippen molar-refractivity contribution in [3.05, 3.63) is 57.8 Å². The Balaban J connectivity index is 1.83. The first-order valence-corrected chi connectivity index (χ1v) is 9.20. The molecule has 1 aromatic heterocycles. The molecule has 1 heterocycles. The van der Waals surface area contributed by atoms with Gasteiger partial charge in [-0.2, -0.15) is 0 Å². The molecule has 3 rings (SSSR count). The summed E-state index contributed by atoms with van der Waals surface area (Å²) >= 11 is 0. The number of H-pyrrole nitrogens is 1. The van der Waals surface area contributed by atoms with Crippen LogP contribution in [-0.4, -0.2) is 22.2 Å². The van der Waals surface area contributed by atoms with Gasteiger partial charge in [0.05, 0.1) is 6.04 Å². The van der Waals surface area contributed by atoms with E-state index in [1.807, 2.05) is 20.8 Å². The first kappa shape index (κ1) is 20.9. The van der Waals surface area contributed by atoms with Crippen LogP contribution in [0, 0.1) is 5.41 Å². The van der Waals surface area contributed by atoms with Gasteiger partial charge in [-0.25, -0.2) is 4.98 Å². The normalized spacial score (nSPS) is 15.7. The van der Waals surface area contributed by atoms with E-state index in [9.17, 15) is 22.8 Å². The third-order valence-electron chi connectivity index (χ3n) is 4.55. The fourth-order valence-corrected chi connectivity index (χ4v) is 3.01. The van der Waals surface area contributed by atoms with Crippen LogP contribution in [0.5, 0.6) is 5.75 Å². The number of halogens is 3. The number of nitrogens with zero attached hydrogens (tertiary/aromatic N) is 1. The molecule has 1 aromatic carbocycles. The second-order valence-electron chi connectivity index (χ2n) is 8.18. The standard InChI is InChI=1S/C20H22F3N3O3/c1-19(2,3)16(11-6-8-13(9-7-11)29-20(21,22)23)26-18(28)14-10-15(27)25-17(24-14)12-4-5-12/h6-10,12,16H,4-5H2,1-3H3,(H,26,28)(H,24,25,27)/t16-/m0/s1. The van der Waals surface area contributed by atoms with Crippen molar-refractivity contribution in [1.29, 1.82) is 0 Å². The van der Waals surface area contributed by atoms with Crippen LogP contribution >= 0.6 is 0 Å². The number of ether oxygens (including phenoxy) is 1. The number of rotatable bonds is 5. The van der Waals surface area contributed by atoms with Crippen LogP contribution < -0.4 is 15.6 Å². The lowest BCUT2D eigenvalue weighted by Gasteiger charge is -2.32. The largest absolute Gasteiger partial charge is 0.573 e. The molecule has 1 amide bonds. The maximum Gasteiger partial charge on any atom is 0.573 e. The van der Waals surface area contributed by atoms with Crippen LogP contribution in [0.15, 0.2) is 35.1 Å². The quantitative estimate of drug-likeness (QED) is 0.780. The molecule has 9 heteroatoms. The van der Waals surface area contributed by atoms with Gasteiger partial charge in [-0.05, 0) is 36.0 Å². The van der Waals surface area contributed by atoms with E-state index in [0.717, 1.165) is 18.9 Å². The summed E-state index contributed by atoms with van der Waals surface area (Å²) in [4.78, 5) is 31.6. The van der Waals surface area contributed by atoms with Crippen LogP contribution in [0.1, 0.15) is 67.4 Å². The molecule has 156 valence electrons. The molecule has 0 bridgehead atoms. The highest BCUT2D eigenvalue weighted by molar-refractivity contribution is 5.92. The summed E-state index contributed by atoms with van der Waals surface area (Å²) in [6.45, 7) is 5.66. The summed E-state index contributed by atoms with van der Waals surface area (Å²) in [7, 11) is 0. The van der Waals surface area contributed by atoms with Gasteiger partial charge >= 0.3 is 6.36 Å². The molecule has 0 unspecified atom stereocenters. The minimum Gasteiger partial charge on any atom is -0.406 e. The van der Waals surface area contributed by atoms with Gasteiger partial charge in [0, 0.05) is 12.0 Å². The SMILES string of the molecule is CC(C)(C)[C@@H](NC(=O)c1cc(=O)[nH]c(C2CC2)n1)c1ccc(OC(F)(F)F)cc1. The number of aromatic amines is 1. The van der Waals surface area contributed by atoms with E-state index < -0.39 is 29.3 Å². The number of nitrogens with one attached hydrogen (secondary N) is 2. The zero-order valence-electron chi connectivity index (χ0n) is 16.3. The molecule has 1 atom stereocenters. The van der Waals surface area contributed by atoms with Crippen molar-refractivity contribution in [2.24, 2.45) is 5.41 Å². The average Bonchev–Trinajstić information content (AvgIpc) is 3.42. The summed E-state index contributed by atoms with van der Waals surface area (Å²) < 4.78 is 41.0. The van der Waals surface area contributed by atoms with Crippen molar-refractivity contribution in [1.82, 2.24) is 15.3 Å². The monoisotopic (exact) mass is 409 g/mol. The molecule has 0 spiro atoms. The lowest BCUT2D eigenvalue weighted by molar-refractivity contribution is -0.274. The molecule has 1 aliphatic rings. The Hall–Kier alpha value is -2.84. The fourth-order valence-electron chi connectivity index (χ4n) is 3.01. The Morgan fingerprint density at radius 3 is 2.34 bits per heavy atom. The van der Waals surface area contributed by atoms with E-state index in [2.05, 4.69) is 20.0 Å². The summed E-state index contributed by atoms with van der Waals surface area (Å²) in [5.74, 6) is -0.183. The van der Waals surface area contributed by atoms with Crippen molar-refractivity contribution in [2.75, 3.05) is 0 Å². The average molecular weight is 409 g/mol. The maximum atomic E-state index is 12.8. The zero-order chi connectivity index (χ0) is 21.4. The van der Waals surface area contributed by atoms with Gasteiger partial charge in [-0.15, -0.1) is 13.2 Å². The fraction of sp³-hybridized carbons (Fsp3) is 0.450. The van der Waals surface area contributed by atoms with Crippen molar-refractivity contribution >= 4 is 5.91 Å². The van der Waals surface area contributed by atoms with Gasteiger partial charge in [-0.3, -0.25) is 9.59 Å². The molecule has 0 saturated heterocycles. The molecule has 0 aliphatic heterocycles. The summed E-state index contributed by atoms with van der Waals surface area (Å²) in [6.07, 6.45) is -2.93. The lowest BCUT2D eigenvalue weighted by Crippen LogP contribution is -2.37. The highest BCUT2D eigenvalue weighted by atomic mass is 19.4. The van der Waals surface area contributed by atoms with Crippen LogP contribution in [0.2, 0.25) is 0 Å². The molecule has 0 radical (unpaired) electrons. The second kappa shape index (κ2) is 7.53. The molecule has 1 saturated carbocycles. The Bertz CT molecular complexity index is 942. The first-order valence-electron chi connectivity index (χ1n) is 9.20. The number of carbonyl (C=O) groups excluding carboxylic acids is 1. The Kier molecular flexibility index (Phi) is 5.42. The highest BCUT2D eigenvalue weighted by Crippen LogP contribution is 2.38. The van der Waals surface area contributed by atoms with Crippen molar-refractivity contribution in [3.63, 3.8) is 0 Å². The maximum absolute atomic E-state index is 12.8. The van der Waals surface area contributed by atoms with Crippen molar-refractivity contribution in [3.8, 4) is 5.75 Å². The Morgan fingerprint density at radius 1 is 1.21 bits per heavy atom. The van der Waals surface area contributed by atoms with E-state index in [1.54, 1.807) is 0 Å². The van der Waals surface area contributed by atoms with E-state index in [4.69, 9.17) is 0 Å². The van der Waals surface area contributed by atoms with Gasteiger partial charge in [0.1, 0.15) is 17.3 Å². The van der Waals surface area contributed by atoms with Gasteiger partial charge < -0.3 is 15.0 Å². The summed E-state index contributed by atoms with van der Waals surface area (Å²) in [6, 6.07) is 5.95. The predicted molar refractivity (Wildman–Crippen MR) is 99.6 cm³/mol.